The van der Waals surface area contributed by atoms with E-state index >= 15 is 0 Å². The lowest BCUT2D eigenvalue weighted by Gasteiger charge is -2.14. The maximum Gasteiger partial charge on any atom is 0.263 e. The molecule has 6 heteroatoms. The van der Waals surface area contributed by atoms with Crippen LogP contribution in [0.3, 0.4) is 0 Å². The van der Waals surface area contributed by atoms with Crippen LogP contribution in [0.25, 0.3) is 5.69 Å². The molecule has 0 radical (unpaired) electrons. The van der Waals surface area contributed by atoms with Gasteiger partial charge in [0.1, 0.15) is 11.6 Å². The molecule has 3 aromatic rings. The highest BCUT2D eigenvalue weighted by Gasteiger charge is 2.17. The van der Waals surface area contributed by atoms with Crippen LogP contribution in [0.15, 0.2) is 71.6 Å². The number of aryl methyl sites for hydroxylation is 1. The van der Waals surface area contributed by atoms with Gasteiger partial charge >= 0.3 is 0 Å². The van der Waals surface area contributed by atoms with Gasteiger partial charge in [-0.2, -0.15) is 0 Å². The molecule has 0 unspecified atom stereocenters. The molecule has 0 amide bonds. The summed E-state index contributed by atoms with van der Waals surface area (Å²) in [5.41, 5.74) is 1.77. The fourth-order valence-corrected chi connectivity index (χ4v) is 3.56. The topological polar surface area (TPSA) is 60.3 Å². The average Bonchev–Trinajstić information content (AvgIpc) is 2.95. The second-order valence-corrected chi connectivity index (χ2v) is 6.99. The fraction of sp³-hybridized carbons (Fsp3) is 0.111. The number of methoxy groups -OCH3 is 1. The number of sulfonamides is 1. The van der Waals surface area contributed by atoms with Crippen molar-refractivity contribution in [1.82, 2.24) is 4.57 Å². The Bertz CT molecular complexity index is 930. The Morgan fingerprint density at radius 3 is 2.21 bits per heavy atom. The molecule has 0 atom stereocenters. The number of anilines is 1. The zero-order valence-corrected chi connectivity index (χ0v) is 14.2. The monoisotopic (exact) mass is 342 g/mol. The number of ether oxygens (including phenoxy) is 1. The van der Waals surface area contributed by atoms with Gasteiger partial charge in [0.15, 0.2) is 0 Å². The average molecular weight is 342 g/mol. The molecule has 0 fully saturated rings. The summed E-state index contributed by atoms with van der Waals surface area (Å²) in [7, 11) is -2.03. The Hall–Kier alpha value is -2.73. The molecule has 0 aliphatic carbocycles. The molecule has 0 spiro atoms. The number of hydrogen-bond acceptors (Lipinski definition) is 3. The maximum absolute atomic E-state index is 12.6. The Morgan fingerprint density at radius 1 is 0.917 bits per heavy atom. The molecule has 0 saturated carbocycles. The van der Waals surface area contributed by atoms with E-state index in [9.17, 15) is 8.42 Å². The van der Waals surface area contributed by atoms with Crippen molar-refractivity contribution in [3.8, 4) is 11.4 Å². The Labute approximate surface area is 141 Å². The number of rotatable bonds is 5. The zero-order valence-electron chi connectivity index (χ0n) is 13.4. The standard InChI is InChI=1S/C18H18N2O3S/c1-14-8-13-18(19-24(21,22)17-6-4-3-5-7-17)20(14)15-9-11-16(23-2)12-10-15/h3-13,19H,1-2H3. The third-order valence-electron chi connectivity index (χ3n) is 3.70. The lowest BCUT2D eigenvalue weighted by atomic mass is 10.3. The van der Waals surface area contributed by atoms with Crippen LogP contribution in [0.1, 0.15) is 5.69 Å². The molecular formula is C18H18N2O3S. The molecule has 24 heavy (non-hydrogen) atoms. The molecular weight excluding hydrogens is 324 g/mol. The van der Waals surface area contributed by atoms with Gasteiger partial charge in [-0.25, -0.2) is 8.42 Å². The van der Waals surface area contributed by atoms with Crippen LogP contribution in [0.4, 0.5) is 5.82 Å². The van der Waals surface area contributed by atoms with Gasteiger partial charge in [0.05, 0.1) is 12.0 Å². The third kappa shape index (κ3) is 3.14. The van der Waals surface area contributed by atoms with Crippen molar-refractivity contribution in [2.75, 3.05) is 11.8 Å². The second kappa shape index (κ2) is 6.41. The minimum absolute atomic E-state index is 0.227. The summed E-state index contributed by atoms with van der Waals surface area (Å²) in [6.45, 7) is 1.92. The van der Waals surface area contributed by atoms with Gasteiger partial charge in [0.2, 0.25) is 0 Å². The molecule has 0 bridgehead atoms. The van der Waals surface area contributed by atoms with Crippen molar-refractivity contribution in [2.24, 2.45) is 0 Å². The van der Waals surface area contributed by atoms with Gasteiger partial charge in [-0.15, -0.1) is 0 Å². The third-order valence-corrected chi connectivity index (χ3v) is 5.07. The second-order valence-electron chi connectivity index (χ2n) is 5.31. The molecule has 1 N–H and O–H groups in total. The normalized spacial score (nSPS) is 11.2. The highest BCUT2D eigenvalue weighted by Crippen LogP contribution is 2.25. The van der Waals surface area contributed by atoms with E-state index in [2.05, 4.69) is 4.72 Å². The van der Waals surface area contributed by atoms with Gasteiger partial charge in [-0.1, -0.05) is 18.2 Å². The number of benzene rings is 2. The summed E-state index contributed by atoms with van der Waals surface area (Å²) >= 11 is 0. The minimum atomic E-state index is -3.64. The van der Waals surface area contributed by atoms with Crippen molar-refractivity contribution in [3.05, 3.63) is 72.4 Å². The van der Waals surface area contributed by atoms with Crippen LogP contribution in [-0.2, 0) is 10.0 Å². The molecule has 1 heterocycles. The summed E-state index contributed by atoms with van der Waals surface area (Å²) in [4.78, 5) is 0.227. The summed E-state index contributed by atoms with van der Waals surface area (Å²) in [5, 5.41) is 0. The van der Waals surface area contributed by atoms with Crippen molar-refractivity contribution in [2.45, 2.75) is 11.8 Å². The van der Waals surface area contributed by atoms with Gasteiger partial charge in [0.25, 0.3) is 10.0 Å². The molecule has 0 aliphatic heterocycles. The van der Waals surface area contributed by atoms with E-state index in [0.717, 1.165) is 17.1 Å². The minimum Gasteiger partial charge on any atom is -0.497 e. The first kappa shape index (κ1) is 16.1. The summed E-state index contributed by atoms with van der Waals surface area (Å²) in [5.74, 6) is 1.23. The number of nitrogens with one attached hydrogen (secondary N) is 1. The van der Waals surface area contributed by atoms with Crippen LogP contribution in [0.5, 0.6) is 5.75 Å². The molecule has 0 aliphatic rings. The predicted molar refractivity (Wildman–Crippen MR) is 94.3 cm³/mol. The van der Waals surface area contributed by atoms with Crippen molar-refractivity contribution in [1.29, 1.82) is 0 Å². The lowest BCUT2D eigenvalue weighted by molar-refractivity contribution is 0.414. The van der Waals surface area contributed by atoms with Crippen molar-refractivity contribution < 1.29 is 13.2 Å². The summed E-state index contributed by atoms with van der Waals surface area (Å²) in [6, 6.07) is 19.4. The smallest absolute Gasteiger partial charge is 0.263 e. The van der Waals surface area contributed by atoms with Crippen LogP contribution in [-0.4, -0.2) is 20.1 Å². The van der Waals surface area contributed by atoms with E-state index in [1.54, 1.807) is 43.5 Å². The van der Waals surface area contributed by atoms with Gasteiger partial charge in [0, 0.05) is 11.4 Å². The molecule has 3 rings (SSSR count). The van der Waals surface area contributed by atoms with Gasteiger partial charge < -0.3 is 9.30 Å². The first-order chi connectivity index (χ1) is 11.5. The van der Waals surface area contributed by atoms with E-state index in [1.807, 2.05) is 41.8 Å². The lowest BCUT2D eigenvalue weighted by Crippen LogP contribution is -2.15. The first-order valence-electron chi connectivity index (χ1n) is 7.42. The predicted octanol–water partition coefficient (Wildman–Crippen LogP) is 3.60. The molecule has 2 aromatic carbocycles. The molecule has 5 nitrogen and oxygen atoms in total. The Balaban J connectivity index is 1.98. The SMILES string of the molecule is COc1ccc(-n2c(C)ccc2NS(=O)(=O)c2ccccc2)cc1. The van der Waals surface area contributed by atoms with E-state index in [4.69, 9.17) is 4.74 Å². The zero-order chi connectivity index (χ0) is 17.2. The number of aromatic nitrogens is 1. The highest BCUT2D eigenvalue weighted by molar-refractivity contribution is 7.92. The van der Waals surface area contributed by atoms with E-state index in [-0.39, 0.29) is 4.90 Å². The van der Waals surface area contributed by atoms with Crippen LogP contribution < -0.4 is 9.46 Å². The van der Waals surface area contributed by atoms with Crippen molar-refractivity contribution in [3.63, 3.8) is 0 Å². The van der Waals surface area contributed by atoms with E-state index in [1.165, 1.54) is 0 Å². The van der Waals surface area contributed by atoms with Crippen LogP contribution in [0.2, 0.25) is 0 Å². The fourth-order valence-electron chi connectivity index (χ4n) is 2.49. The Morgan fingerprint density at radius 2 is 1.58 bits per heavy atom. The van der Waals surface area contributed by atoms with Gasteiger partial charge in [-0.3, -0.25) is 4.72 Å². The maximum atomic E-state index is 12.6. The summed E-state index contributed by atoms with van der Waals surface area (Å²) in [6.07, 6.45) is 0. The van der Waals surface area contributed by atoms with Gasteiger partial charge in [-0.05, 0) is 55.5 Å². The van der Waals surface area contributed by atoms with E-state index < -0.39 is 10.0 Å². The number of nitrogens with zero attached hydrogens (tertiary/aromatic N) is 1. The molecule has 124 valence electrons. The van der Waals surface area contributed by atoms with Crippen molar-refractivity contribution >= 4 is 15.8 Å². The highest BCUT2D eigenvalue weighted by atomic mass is 32.2. The first-order valence-corrected chi connectivity index (χ1v) is 8.90. The van der Waals surface area contributed by atoms with E-state index in [0.29, 0.717) is 5.82 Å². The molecule has 0 saturated heterocycles. The summed E-state index contributed by atoms with van der Waals surface area (Å²) < 4.78 is 34.8. The Kier molecular flexibility index (Phi) is 4.31. The molecule has 1 aromatic heterocycles. The van der Waals surface area contributed by atoms with Crippen LogP contribution in [0, 0.1) is 6.92 Å². The van der Waals surface area contributed by atoms with Crippen LogP contribution >= 0.6 is 0 Å². The number of hydrogen-bond donors (Lipinski definition) is 1. The largest absolute Gasteiger partial charge is 0.497 e. The quantitative estimate of drug-likeness (QED) is 0.771.